The van der Waals surface area contributed by atoms with Gasteiger partial charge in [-0.2, -0.15) is 0 Å². The Morgan fingerprint density at radius 3 is 2.32 bits per heavy atom. The van der Waals surface area contributed by atoms with Gasteiger partial charge < -0.3 is 52.0 Å². The second kappa shape index (κ2) is 13.1. The van der Waals surface area contributed by atoms with Gasteiger partial charge in [0.15, 0.2) is 6.10 Å². The predicted octanol–water partition coefficient (Wildman–Crippen LogP) is -3.98. The molecule has 0 radical (unpaired) electrons. The third-order valence-electron chi connectivity index (χ3n) is 5.17. The van der Waals surface area contributed by atoms with Gasteiger partial charge in [-0.3, -0.25) is 19.2 Å². The number of primary amides is 1. The number of amides is 3. The van der Waals surface area contributed by atoms with Gasteiger partial charge in [0.1, 0.15) is 25.8 Å². The van der Waals surface area contributed by atoms with Gasteiger partial charge in [-0.05, 0) is 19.8 Å². The standard InChI is InChI=1S/C19H32N4O11/c1-7(19(31)32)33-16-14(22-8(2)25)11(34-12(6-24)15(16)28)5-9(20)18(30)23-10(17(21)29)3-4-13(26)27/h7,9-12,14-16,24,28H,3-6,20H2,1-2H3,(H2,21,29)(H,22,25)(H,23,30)(H,26,27)(H,31,32)/t7-,9+,10+,11?,12-,14+,15-,16-/m1/s1/i/hD. The van der Waals surface area contributed by atoms with E-state index in [9.17, 15) is 39.3 Å². The second-order valence-corrected chi connectivity index (χ2v) is 7.88. The molecule has 1 aliphatic heterocycles. The number of ether oxygens (including phenoxy) is 2. The number of hydrogen-bond acceptors (Lipinski definition) is 10. The van der Waals surface area contributed by atoms with Crippen molar-refractivity contribution in [2.45, 2.75) is 81.8 Å². The Labute approximate surface area is 196 Å². The zero-order valence-corrected chi connectivity index (χ0v) is 18.7. The molecule has 0 aromatic heterocycles. The monoisotopic (exact) mass is 493 g/mol. The Bertz CT molecular complexity index is 786. The van der Waals surface area contributed by atoms with Crippen molar-refractivity contribution < 1.29 is 55.3 Å². The van der Waals surface area contributed by atoms with Crippen LogP contribution in [0.1, 0.15) is 33.1 Å². The van der Waals surface area contributed by atoms with Gasteiger partial charge in [0.2, 0.25) is 17.7 Å². The lowest BCUT2D eigenvalue weighted by Gasteiger charge is -2.45. The highest BCUT2D eigenvalue weighted by atomic mass is 16.6. The van der Waals surface area contributed by atoms with E-state index in [4.69, 9.17) is 21.7 Å². The summed E-state index contributed by atoms with van der Waals surface area (Å²) in [4.78, 5) is 58.2. The van der Waals surface area contributed by atoms with Crippen molar-refractivity contribution in [3.05, 3.63) is 0 Å². The normalized spacial score (nSPS) is 27.5. The number of nitrogens with two attached hydrogens (primary N) is 2. The van der Waals surface area contributed by atoms with Crippen LogP contribution in [0.3, 0.4) is 0 Å². The van der Waals surface area contributed by atoms with Crippen LogP contribution in [0.25, 0.3) is 0 Å². The van der Waals surface area contributed by atoms with Gasteiger partial charge in [-0.15, -0.1) is 0 Å². The van der Waals surface area contributed by atoms with Crippen molar-refractivity contribution in [3.8, 4) is 0 Å². The van der Waals surface area contributed by atoms with Crippen LogP contribution in [0.2, 0.25) is 1.41 Å². The Kier molecular flexibility index (Phi) is 10.6. The summed E-state index contributed by atoms with van der Waals surface area (Å²) in [6.07, 6.45) is -7.91. The maximum absolute atomic E-state index is 12.7. The molecular weight excluding hydrogens is 460 g/mol. The Hall–Kier alpha value is -2.85. The van der Waals surface area contributed by atoms with Crippen molar-refractivity contribution in [1.29, 1.82) is 0 Å². The van der Waals surface area contributed by atoms with E-state index in [-0.39, 0.29) is 12.8 Å². The number of aliphatic hydroxyl groups excluding tert-OH is 2. The molecule has 0 aromatic rings. The van der Waals surface area contributed by atoms with E-state index >= 15 is 0 Å². The van der Waals surface area contributed by atoms with Crippen molar-refractivity contribution in [3.63, 3.8) is 0 Å². The first-order valence-corrected chi connectivity index (χ1v) is 10.4. The fraction of sp³-hybridized carbons (Fsp3) is 0.737. The number of carboxylic acids is 2. The van der Waals surface area contributed by atoms with Crippen molar-refractivity contribution >= 4 is 29.7 Å². The number of carboxylic acid groups (broad SMARTS) is 2. The third kappa shape index (κ3) is 8.49. The number of carbonyl (C=O) groups excluding carboxylic acids is 3. The van der Waals surface area contributed by atoms with Crippen LogP contribution in [0, 0.1) is 0 Å². The number of nitrogens with one attached hydrogen (secondary N) is 2. The lowest BCUT2D eigenvalue weighted by atomic mass is 9.89. The van der Waals surface area contributed by atoms with Gasteiger partial charge in [0.05, 0.1) is 24.8 Å². The van der Waals surface area contributed by atoms with Crippen LogP contribution >= 0.6 is 0 Å². The predicted molar refractivity (Wildman–Crippen MR) is 112 cm³/mol. The molecule has 0 aromatic carbocycles. The Balaban J connectivity index is 3.15. The van der Waals surface area contributed by atoms with E-state index in [2.05, 4.69) is 10.6 Å². The minimum absolute atomic E-state index is 0.294. The van der Waals surface area contributed by atoms with E-state index in [0.29, 0.717) is 0 Å². The van der Waals surface area contributed by atoms with E-state index in [0.717, 1.165) is 6.92 Å². The average Bonchev–Trinajstić information content (AvgIpc) is 2.77. The molecule has 1 aliphatic rings. The summed E-state index contributed by atoms with van der Waals surface area (Å²) in [7, 11) is 0. The van der Waals surface area contributed by atoms with Crippen LogP contribution < -0.4 is 22.1 Å². The third-order valence-corrected chi connectivity index (χ3v) is 5.17. The first kappa shape index (κ1) is 27.4. The number of aliphatic hydroxyl groups is 2. The average molecular weight is 493 g/mol. The molecule has 1 unspecified atom stereocenters. The fourth-order valence-electron chi connectivity index (χ4n) is 3.41. The lowest BCUT2D eigenvalue weighted by Crippen LogP contribution is -2.66. The molecule has 1 saturated heterocycles. The summed E-state index contributed by atoms with van der Waals surface area (Å²) in [5.41, 5.74) is 7.18. The molecule has 3 amide bonds. The van der Waals surface area contributed by atoms with E-state index in [1.54, 1.807) is 0 Å². The molecule has 1 heterocycles. The minimum atomic E-state index is -1.55. The topological polar surface area (TPSA) is 261 Å². The van der Waals surface area contributed by atoms with Crippen LogP contribution in [-0.4, -0.2) is 105 Å². The molecular formula is C19H32N4O11. The molecule has 10 N–H and O–H groups in total. The summed E-state index contributed by atoms with van der Waals surface area (Å²) in [5, 5.41) is 42.9. The smallest absolute Gasteiger partial charge is 0.332 e. The molecule has 0 spiro atoms. The number of hydrogen-bond donors (Lipinski definition) is 8. The molecule has 34 heavy (non-hydrogen) atoms. The Morgan fingerprint density at radius 1 is 1.21 bits per heavy atom. The van der Waals surface area contributed by atoms with Crippen molar-refractivity contribution in [1.82, 2.24) is 10.6 Å². The molecule has 1 fully saturated rings. The summed E-state index contributed by atoms with van der Waals surface area (Å²) >= 11 is 0. The quantitative estimate of drug-likeness (QED) is 0.115. The van der Waals surface area contributed by atoms with E-state index < -0.39 is 91.3 Å². The molecule has 15 nitrogen and oxygen atoms in total. The second-order valence-electron chi connectivity index (χ2n) is 7.88. The summed E-state index contributed by atoms with van der Waals surface area (Å²) in [6, 6.07) is -3.93. The van der Waals surface area contributed by atoms with Crippen LogP contribution in [0.15, 0.2) is 0 Å². The lowest BCUT2D eigenvalue weighted by molar-refractivity contribution is -0.221. The van der Waals surface area contributed by atoms with Crippen LogP contribution in [0.4, 0.5) is 0 Å². The van der Waals surface area contributed by atoms with Gasteiger partial charge in [-0.1, -0.05) is 0 Å². The number of carbonyl (C=O) groups is 5. The molecule has 15 heteroatoms. The van der Waals surface area contributed by atoms with Gasteiger partial charge in [-0.25, -0.2) is 4.79 Å². The highest BCUT2D eigenvalue weighted by Crippen LogP contribution is 2.27. The molecule has 0 aliphatic carbocycles. The van der Waals surface area contributed by atoms with E-state index in [1.165, 1.54) is 6.92 Å². The summed E-state index contributed by atoms with van der Waals surface area (Å²) < 4.78 is 18.6. The van der Waals surface area contributed by atoms with Gasteiger partial charge in [0, 0.05) is 13.3 Å². The van der Waals surface area contributed by atoms with Crippen molar-refractivity contribution in [2.75, 3.05) is 6.61 Å². The molecule has 0 bridgehead atoms. The molecule has 0 saturated carbocycles. The number of aliphatic carboxylic acids is 2. The first-order valence-electron chi connectivity index (χ1n) is 10.9. The highest BCUT2D eigenvalue weighted by molar-refractivity contribution is 5.89. The van der Waals surface area contributed by atoms with Gasteiger partial charge in [0.25, 0.3) is 0 Å². The summed E-state index contributed by atoms with van der Waals surface area (Å²) in [6.45, 7) is 1.63. The minimum Gasteiger partial charge on any atom is -0.481 e. The zero-order valence-electron chi connectivity index (χ0n) is 19.7. The first-order chi connectivity index (χ1) is 16.3. The fourth-order valence-corrected chi connectivity index (χ4v) is 3.41. The maximum Gasteiger partial charge on any atom is 0.332 e. The zero-order chi connectivity index (χ0) is 26.9. The molecule has 194 valence electrons. The largest absolute Gasteiger partial charge is 0.481 e. The Morgan fingerprint density at radius 2 is 1.85 bits per heavy atom. The van der Waals surface area contributed by atoms with Crippen LogP contribution in [-0.2, 0) is 33.4 Å². The molecule has 8 atom stereocenters. The SMILES string of the molecule is [2H]N[C@@H](CC1O[C@H](CO)[C@@H](O)[C@H](O[C@H](C)C(=O)O)[C@H]1NC(C)=O)C(=O)N[C@@H](CCC(=O)O)C(N)=O. The van der Waals surface area contributed by atoms with Crippen molar-refractivity contribution in [2.24, 2.45) is 11.5 Å². The highest BCUT2D eigenvalue weighted by Gasteiger charge is 2.48. The number of rotatable bonds is 14. The maximum atomic E-state index is 12.7. The van der Waals surface area contributed by atoms with Gasteiger partial charge >= 0.3 is 11.9 Å². The van der Waals surface area contributed by atoms with Crippen LogP contribution in [0.5, 0.6) is 0 Å². The molecule has 1 rings (SSSR count). The van der Waals surface area contributed by atoms with E-state index in [1.807, 2.05) is 5.73 Å². The summed E-state index contributed by atoms with van der Waals surface area (Å²) in [5.74, 6) is -5.08.